The SMILES string of the molecule is COCCN(CCOC)C(=O)c1ccc(N)cc1C. The van der Waals surface area contributed by atoms with Gasteiger partial charge in [0.15, 0.2) is 0 Å². The van der Waals surface area contributed by atoms with E-state index in [-0.39, 0.29) is 5.91 Å². The summed E-state index contributed by atoms with van der Waals surface area (Å²) in [4.78, 5) is 14.2. The molecule has 5 heteroatoms. The van der Waals surface area contributed by atoms with Gasteiger partial charge in [0.25, 0.3) is 5.91 Å². The lowest BCUT2D eigenvalue weighted by atomic mass is 10.1. The second-order valence-corrected chi connectivity index (χ2v) is 4.35. The monoisotopic (exact) mass is 266 g/mol. The van der Waals surface area contributed by atoms with E-state index in [0.717, 1.165) is 5.56 Å². The molecule has 0 heterocycles. The van der Waals surface area contributed by atoms with Gasteiger partial charge >= 0.3 is 0 Å². The van der Waals surface area contributed by atoms with E-state index < -0.39 is 0 Å². The maximum absolute atomic E-state index is 12.5. The van der Waals surface area contributed by atoms with Crippen LogP contribution >= 0.6 is 0 Å². The van der Waals surface area contributed by atoms with Crippen LogP contribution in [-0.4, -0.2) is 51.3 Å². The normalized spacial score (nSPS) is 10.5. The molecule has 1 amide bonds. The molecule has 5 nitrogen and oxygen atoms in total. The van der Waals surface area contributed by atoms with Crippen molar-refractivity contribution in [1.29, 1.82) is 0 Å². The zero-order chi connectivity index (χ0) is 14.3. The second kappa shape index (κ2) is 7.76. The van der Waals surface area contributed by atoms with Gasteiger partial charge in [0.05, 0.1) is 13.2 Å². The Bertz CT molecular complexity index is 413. The van der Waals surface area contributed by atoms with Crippen LogP contribution in [-0.2, 0) is 9.47 Å². The lowest BCUT2D eigenvalue weighted by Crippen LogP contribution is -2.36. The van der Waals surface area contributed by atoms with Crippen molar-refractivity contribution in [2.24, 2.45) is 0 Å². The van der Waals surface area contributed by atoms with Crippen LogP contribution in [0, 0.1) is 6.92 Å². The third kappa shape index (κ3) is 4.54. The van der Waals surface area contributed by atoms with Crippen molar-refractivity contribution in [2.75, 3.05) is 46.3 Å². The highest BCUT2D eigenvalue weighted by Crippen LogP contribution is 2.14. The highest BCUT2D eigenvalue weighted by molar-refractivity contribution is 5.96. The van der Waals surface area contributed by atoms with Gasteiger partial charge in [-0.3, -0.25) is 4.79 Å². The van der Waals surface area contributed by atoms with Gasteiger partial charge in [-0.15, -0.1) is 0 Å². The molecule has 0 spiro atoms. The lowest BCUT2D eigenvalue weighted by Gasteiger charge is -2.23. The maximum atomic E-state index is 12.5. The number of carbonyl (C=O) groups excluding carboxylic acids is 1. The Kier molecular flexibility index (Phi) is 6.32. The van der Waals surface area contributed by atoms with Crippen LogP contribution < -0.4 is 5.73 Å². The van der Waals surface area contributed by atoms with Crippen molar-refractivity contribution >= 4 is 11.6 Å². The summed E-state index contributed by atoms with van der Waals surface area (Å²) in [5.41, 5.74) is 7.91. The first kappa shape index (κ1) is 15.5. The van der Waals surface area contributed by atoms with Crippen LogP contribution in [0.15, 0.2) is 18.2 Å². The number of nitrogens with two attached hydrogens (primary N) is 1. The van der Waals surface area contributed by atoms with Gasteiger partial charge in [-0.25, -0.2) is 0 Å². The number of ether oxygens (including phenoxy) is 2. The lowest BCUT2D eigenvalue weighted by molar-refractivity contribution is 0.0626. The molecule has 0 bridgehead atoms. The molecule has 0 unspecified atom stereocenters. The predicted molar refractivity (Wildman–Crippen MR) is 75.2 cm³/mol. The van der Waals surface area contributed by atoms with Gasteiger partial charge in [-0.1, -0.05) is 0 Å². The van der Waals surface area contributed by atoms with Crippen molar-refractivity contribution in [3.63, 3.8) is 0 Å². The fraction of sp³-hybridized carbons (Fsp3) is 0.500. The van der Waals surface area contributed by atoms with Crippen molar-refractivity contribution < 1.29 is 14.3 Å². The largest absolute Gasteiger partial charge is 0.399 e. The Morgan fingerprint density at radius 1 is 1.21 bits per heavy atom. The molecule has 106 valence electrons. The number of amides is 1. The third-order valence-corrected chi connectivity index (χ3v) is 2.90. The summed E-state index contributed by atoms with van der Waals surface area (Å²) in [5, 5.41) is 0. The van der Waals surface area contributed by atoms with Crippen LogP contribution in [0.4, 0.5) is 5.69 Å². The quantitative estimate of drug-likeness (QED) is 0.756. The van der Waals surface area contributed by atoms with E-state index in [1.807, 2.05) is 6.92 Å². The number of rotatable bonds is 7. The first-order chi connectivity index (χ1) is 9.10. The molecule has 0 aromatic heterocycles. The third-order valence-electron chi connectivity index (χ3n) is 2.90. The fourth-order valence-electron chi connectivity index (χ4n) is 1.82. The molecule has 0 aliphatic heterocycles. The van der Waals surface area contributed by atoms with E-state index in [9.17, 15) is 4.79 Å². The Hall–Kier alpha value is -1.59. The van der Waals surface area contributed by atoms with Crippen molar-refractivity contribution in [1.82, 2.24) is 4.90 Å². The number of nitrogens with zero attached hydrogens (tertiary/aromatic N) is 1. The molecule has 2 N–H and O–H groups in total. The number of methoxy groups -OCH3 is 2. The molecule has 0 radical (unpaired) electrons. The first-order valence-electron chi connectivity index (χ1n) is 6.23. The number of nitrogen functional groups attached to an aromatic ring is 1. The average molecular weight is 266 g/mol. The van der Waals surface area contributed by atoms with E-state index in [1.54, 1.807) is 37.3 Å². The minimum atomic E-state index is -0.0217. The van der Waals surface area contributed by atoms with Crippen molar-refractivity contribution in [3.8, 4) is 0 Å². The molecule has 1 aromatic carbocycles. The number of hydrogen-bond donors (Lipinski definition) is 1. The number of carbonyl (C=O) groups is 1. The van der Waals surface area contributed by atoms with Gasteiger partial charge in [0, 0.05) is 38.6 Å². The Morgan fingerprint density at radius 3 is 2.26 bits per heavy atom. The van der Waals surface area contributed by atoms with E-state index in [1.165, 1.54) is 0 Å². The summed E-state index contributed by atoms with van der Waals surface area (Å²) in [6.45, 7) is 3.98. The molecule has 1 rings (SSSR count). The summed E-state index contributed by atoms with van der Waals surface area (Å²) in [6.07, 6.45) is 0. The smallest absolute Gasteiger partial charge is 0.254 e. The zero-order valence-electron chi connectivity index (χ0n) is 11.8. The average Bonchev–Trinajstić information content (AvgIpc) is 2.38. The highest BCUT2D eigenvalue weighted by Gasteiger charge is 2.17. The van der Waals surface area contributed by atoms with E-state index >= 15 is 0 Å². The fourth-order valence-corrected chi connectivity index (χ4v) is 1.82. The zero-order valence-corrected chi connectivity index (χ0v) is 11.8. The minimum absolute atomic E-state index is 0.0217. The van der Waals surface area contributed by atoms with Gasteiger partial charge in [-0.2, -0.15) is 0 Å². The summed E-state index contributed by atoms with van der Waals surface area (Å²) >= 11 is 0. The summed E-state index contributed by atoms with van der Waals surface area (Å²) in [7, 11) is 3.24. The van der Waals surface area contributed by atoms with Gasteiger partial charge < -0.3 is 20.1 Å². The van der Waals surface area contributed by atoms with E-state index in [2.05, 4.69) is 0 Å². The molecule has 0 saturated carbocycles. The van der Waals surface area contributed by atoms with Gasteiger partial charge in [0.2, 0.25) is 0 Å². The van der Waals surface area contributed by atoms with Crippen molar-refractivity contribution in [3.05, 3.63) is 29.3 Å². The number of hydrogen-bond acceptors (Lipinski definition) is 4. The standard InChI is InChI=1S/C14H22N2O3/c1-11-10-12(15)4-5-13(11)14(17)16(6-8-18-2)7-9-19-3/h4-5,10H,6-9,15H2,1-3H3. The molecular weight excluding hydrogens is 244 g/mol. The van der Waals surface area contributed by atoms with Crippen molar-refractivity contribution in [2.45, 2.75) is 6.92 Å². The molecule has 0 saturated heterocycles. The van der Waals surface area contributed by atoms with E-state index in [4.69, 9.17) is 15.2 Å². The number of aryl methyl sites for hydroxylation is 1. The van der Waals surface area contributed by atoms with Gasteiger partial charge in [-0.05, 0) is 30.7 Å². The maximum Gasteiger partial charge on any atom is 0.254 e. The first-order valence-corrected chi connectivity index (χ1v) is 6.23. The van der Waals surface area contributed by atoms with Crippen LogP contribution in [0.2, 0.25) is 0 Å². The molecule has 0 fully saturated rings. The summed E-state index contributed by atoms with van der Waals surface area (Å²) in [6, 6.07) is 5.31. The second-order valence-electron chi connectivity index (χ2n) is 4.35. The number of benzene rings is 1. The Labute approximate surface area is 114 Å². The molecular formula is C14H22N2O3. The van der Waals surface area contributed by atoms with Crippen LogP contribution in [0.1, 0.15) is 15.9 Å². The Morgan fingerprint density at radius 2 is 1.79 bits per heavy atom. The summed E-state index contributed by atoms with van der Waals surface area (Å²) in [5.74, 6) is -0.0217. The summed E-state index contributed by atoms with van der Waals surface area (Å²) < 4.78 is 10.1. The Balaban J connectivity index is 2.84. The van der Waals surface area contributed by atoms with E-state index in [0.29, 0.717) is 37.6 Å². The minimum Gasteiger partial charge on any atom is -0.399 e. The number of anilines is 1. The molecule has 1 aromatic rings. The molecule has 19 heavy (non-hydrogen) atoms. The van der Waals surface area contributed by atoms with Gasteiger partial charge in [0.1, 0.15) is 0 Å². The highest BCUT2D eigenvalue weighted by atomic mass is 16.5. The van der Waals surface area contributed by atoms with Crippen LogP contribution in [0.3, 0.4) is 0 Å². The predicted octanol–water partition coefficient (Wildman–Crippen LogP) is 1.31. The molecule has 0 aliphatic carbocycles. The topological polar surface area (TPSA) is 64.8 Å². The molecule has 0 aliphatic rings. The van der Waals surface area contributed by atoms with Crippen LogP contribution in [0.5, 0.6) is 0 Å². The van der Waals surface area contributed by atoms with Crippen LogP contribution in [0.25, 0.3) is 0 Å². The molecule has 0 atom stereocenters.